The second-order valence-electron chi connectivity index (χ2n) is 8.98. The van der Waals surface area contributed by atoms with Crippen LogP contribution in [-0.2, 0) is 29.2 Å². The molecule has 0 bridgehead atoms. The van der Waals surface area contributed by atoms with Crippen molar-refractivity contribution in [3.05, 3.63) is 0 Å². The largest absolute Gasteiger partial charge is 0.463 e. The van der Waals surface area contributed by atoms with Crippen LogP contribution in [0, 0.1) is 23.2 Å². The van der Waals surface area contributed by atoms with E-state index in [-0.39, 0.29) is 12.8 Å². The quantitative estimate of drug-likeness (QED) is 0.318. The molecule has 0 amide bonds. The van der Waals surface area contributed by atoms with Crippen molar-refractivity contribution in [2.45, 2.75) is 84.2 Å². The standard InChI is InChI=1S/C19H30F4O7S/c1-10(2)29-15(24)12-7-8-13(16(25)30-11(3)4)14(9-12)17(5,6)18(20,21)19(22,23)31(26,27)28/h10-14H,7-9H2,1-6H3,(H,26,27,28). The molecule has 0 spiro atoms. The summed E-state index contributed by atoms with van der Waals surface area (Å²) in [5.41, 5.74) is -2.83. The van der Waals surface area contributed by atoms with E-state index in [1.807, 2.05) is 0 Å². The van der Waals surface area contributed by atoms with Crippen molar-refractivity contribution >= 4 is 22.1 Å². The van der Waals surface area contributed by atoms with Gasteiger partial charge in [-0.15, -0.1) is 0 Å². The zero-order valence-electron chi connectivity index (χ0n) is 18.3. The van der Waals surface area contributed by atoms with Crippen molar-refractivity contribution < 1.29 is 49.6 Å². The third kappa shape index (κ3) is 5.50. The Morgan fingerprint density at radius 3 is 1.81 bits per heavy atom. The molecule has 0 aromatic rings. The predicted octanol–water partition coefficient (Wildman–Crippen LogP) is 4.06. The first kappa shape index (κ1) is 27.6. The third-order valence-electron chi connectivity index (χ3n) is 5.62. The van der Waals surface area contributed by atoms with Gasteiger partial charge >= 0.3 is 33.2 Å². The summed E-state index contributed by atoms with van der Waals surface area (Å²) >= 11 is 0. The summed E-state index contributed by atoms with van der Waals surface area (Å²) in [5, 5.41) is -5.82. The Morgan fingerprint density at radius 1 is 0.935 bits per heavy atom. The number of halogens is 4. The molecule has 0 aromatic heterocycles. The molecule has 1 rings (SSSR count). The predicted molar refractivity (Wildman–Crippen MR) is 102 cm³/mol. The van der Waals surface area contributed by atoms with Crippen LogP contribution in [0.1, 0.15) is 60.8 Å². The molecule has 3 unspecified atom stereocenters. The molecule has 12 heteroatoms. The fourth-order valence-electron chi connectivity index (χ4n) is 3.88. The molecule has 182 valence electrons. The fraction of sp³-hybridized carbons (Fsp3) is 0.895. The maximum atomic E-state index is 14.9. The highest BCUT2D eigenvalue weighted by Crippen LogP contribution is 2.57. The summed E-state index contributed by atoms with van der Waals surface area (Å²) in [5.74, 6) is -10.7. The van der Waals surface area contributed by atoms with Gasteiger partial charge in [0.05, 0.1) is 24.0 Å². The van der Waals surface area contributed by atoms with Crippen LogP contribution in [0.4, 0.5) is 17.6 Å². The van der Waals surface area contributed by atoms with E-state index in [0.29, 0.717) is 13.8 Å². The van der Waals surface area contributed by atoms with Crippen molar-refractivity contribution in [3.63, 3.8) is 0 Å². The Hall–Kier alpha value is -1.43. The maximum Gasteiger partial charge on any atom is 0.432 e. The molecular formula is C19H30F4O7S. The van der Waals surface area contributed by atoms with Crippen LogP contribution >= 0.6 is 0 Å². The molecule has 3 atom stereocenters. The van der Waals surface area contributed by atoms with Gasteiger partial charge in [-0.25, -0.2) is 0 Å². The first-order valence-corrected chi connectivity index (χ1v) is 11.3. The average Bonchev–Trinajstić information content (AvgIpc) is 2.58. The molecule has 0 radical (unpaired) electrons. The maximum absolute atomic E-state index is 14.9. The van der Waals surface area contributed by atoms with Crippen LogP contribution in [0.25, 0.3) is 0 Å². The lowest BCUT2D eigenvalue weighted by atomic mass is 9.60. The number of rotatable bonds is 8. The van der Waals surface area contributed by atoms with E-state index in [1.165, 1.54) is 13.8 Å². The Balaban J connectivity index is 3.45. The van der Waals surface area contributed by atoms with Gasteiger partial charge in [0.2, 0.25) is 0 Å². The molecular weight excluding hydrogens is 448 g/mol. The molecule has 1 fully saturated rings. The number of carbonyl (C=O) groups is 2. The number of hydrogen-bond acceptors (Lipinski definition) is 6. The second kappa shape index (κ2) is 9.21. The second-order valence-corrected chi connectivity index (χ2v) is 10.4. The Labute approximate surface area is 179 Å². The van der Waals surface area contributed by atoms with Crippen LogP contribution < -0.4 is 0 Å². The molecule has 0 aromatic carbocycles. The summed E-state index contributed by atoms with van der Waals surface area (Å²) in [6, 6.07) is 0. The Kier molecular flexibility index (Phi) is 8.20. The first-order valence-electron chi connectivity index (χ1n) is 9.91. The van der Waals surface area contributed by atoms with Crippen LogP contribution in [0.2, 0.25) is 0 Å². The number of alkyl halides is 4. The Morgan fingerprint density at radius 2 is 1.39 bits per heavy atom. The van der Waals surface area contributed by atoms with Crippen molar-refractivity contribution in [2.75, 3.05) is 0 Å². The van der Waals surface area contributed by atoms with E-state index in [4.69, 9.17) is 14.0 Å². The topological polar surface area (TPSA) is 107 Å². The summed E-state index contributed by atoms with van der Waals surface area (Å²) < 4.78 is 99.2. The highest BCUT2D eigenvalue weighted by Gasteiger charge is 2.74. The van der Waals surface area contributed by atoms with Crippen molar-refractivity contribution in [2.24, 2.45) is 23.2 Å². The van der Waals surface area contributed by atoms with Gasteiger partial charge in [-0.2, -0.15) is 26.0 Å². The summed E-state index contributed by atoms with van der Waals surface area (Å²) in [7, 11) is -6.48. The zero-order chi connectivity index (χ0) is 24.6. The molecule has 0 saturated heterocycles. The van der Waals surface area contributed by atoms with Crippen LogP contribution in [0.15, 0.2) is 0 Å². The summed E-state index contributed by atoms with van der Waals surface area (Å²) in [6.45, 7) is 7.55. The van der Waals surface area contributed by atoms with E-state index in [1.54, 1.807) is 13.8 Å². The molecule has 0 heterocycles. The highest BCUT2D eigenvalue weighted by atomic mass is 32.2. The normalized spacial score (nSPS) is 23.7. The van der Waals surface area contributed by atoms with Crippen LogP contribution in [-0.4, -0.2) is 48.3 Å². The lowest BCUT2D eigenvalue weighted by molar-refractivity contribution is -0.246. The van der Waals surface area contributed by atoms with E-state index >= 15 is 0 Å². The van der Waals surface area contributed by atoms with Gasteiger partial charge in [0, 0.05) is 5.41 Å². The molecule has 1 aliphatic carbocycles. The van der Waals surface area contributed by atoms with E-state index in [2.05, 4.69) is 0 Å². The van der Waals surface area contributed by atoms with E-state index in [0.717, 1.165) is 0 Å². The minimum Gasteiger partial charge on any atom is -0.463 e. The fourth-order valence-corrected chi connectivity index (χ4v) is 4.47. The van der Waals surface area contributed by atoms with Crippen LogP contribution in [0.5, 0.6) is 0 Å². The number of hydrogen-bond donors (Lipinski definition) is 1. The Bertz CT molecular complexity index is 778. The van der Waals surface area contributed by atoms with E-state index in [9.17, 15) is 35.6 Å². The van der Waals surface area contributed by atoms with Crippen molar-refractivity contribution in [1.82, 2.24) is 0 Å². The minimum absolute atomic E-state index is 0.0796. The van der Waals surface area contributed by atoms with Crippen molar-refractivity contribution in [3.8, 4) is 0 Å². The lowest BCUT2D eigenvalue weighted by Crippen LogP contribution is -2.60. The van der Waals surface area contributed by atoms with Gasteiger partial charge in [-0.3, -0.25) is 14.1 Å². The summed E-state index contributed by atoms with van der Waals surface area (Å²) in [6.07, 6.45) is -1.58. The number of ether oxygens (including phenoxy) is 2. The minimum atomic E-state index is -6.48. The zero-order valence-corrected chi connectivity index (χ0v) is 19.1. The highest BCUT2D eigenvalue weighted by molar-refractivity contribution is 7.87. The van der Waals surface area contributed by atoms with Gasteiger partial charge in [-0.05, 0) is 52.9 Å². The average molecular weight is 479 g/mol. The lowest BCUT2D eigenvalue weighted by Gasteiger charge is -2.47. The van der Waals surface area contributed by atoms with Gasteiger partial charge in [0.15, 0.2) is 0 Å². The molecule has 0 aliphatic heterocycles. The van der Waals surface area contributed by atoms with Crippen LogP contribution in [0.3, 0.4) is 0 Å². The number of esters is 2. The molecule has 1 aliphatic rings. The van der Waals surface area contributed by atoms with E-state index < -0.39 is 75.0 Å². The molecule has 31 heavy (non-hydrogen) atoms. The molecule has 1 saturated carbocycles. The monoisotopic (exact) mass is 478 g/mol. The third-order valence-corrected chi connectivity index (χ3v) is 6.52. The molecule has 1 N–H and O–H groups in total. The molecule has 7 nitrogen and oxygen atoms in total. The van der Waals surface area contributed by atoms with Crippen molar-refractivity contribution in [1.29, 1.82) is 0 Å². The summed E-state index contributed by atoms with van der Waals surface area (Å²) in [4.78, 5) is 24.9. The first-order chi connectivity index (χ1) is 13.8. The van der Waals surface area contributed by atoms with Gasteiger partial charge in [-0.1, -0.05) is 13.8 Å². The van der Waals surface area contributed by atoms with Gasteiger partial charge in [0.25, 0.3) is 0 Å². The van der Waals surface area contributed by atoms with Gasteiger partial charge in [0.1, 0.15) is 0 Å². The smallest absolute Gasteiger partial charge is 0.432 e. The number of carbonyl (C=O) groups excluding carboxylic acids is 2. The SMILES string of the molecule is CC(C)OC(=O)C1CCC(C(=O)OC(C)C)C(C(C)(C)C(F)(F)C(F)(F)S(=O)(=O)O)C1. The van der Waals surface area contributed by atoms with Gasteiger partial charge < -0.3 is 9.47 Å².